The van der Waals surface area contributed by atoms with E-state index in [-0.39, 0.29) is 66.8 Å². The standard InChI is InChI=1S/C31H33F8NO5S/c1-3-12-27(13-10-20(11-14-27)25(41)42)26(43)40-16-15-28(18-40,46(44,45)23-8-9-24(32)19(2)17-23)21-4-6-22(7-5-21)29(33,30(34,35)36)31(37,38)39/h4-9,17,20H,3,10-16,18H2,1-2H3,(H,41,42). The fourth-order valence-electron chi connectivity index (χ4n) is 6.87. The van der Waals surface area contributed by atoms with Crippen LogP contribution in [0.1, 0.15) is 68.6 Å². The molecular formula is C31H33F8NO5S. The van der Waals surface area contributed by atoms with Crippen LogP contribution in [0.5, 0.6) is 0 Å². The van der Waals surface area contributed by atoms with Crippen LogP contribution in [-0.4, -0.2) is 55.7 Å². The molecule has 1 heterocycles. The van der Waals surface area contributed by atoms with E-state index in [1.54, 1.807) is 0 Å². The third-order valence-electron chi connectivity index (χ3n) is 9.54. The van der Waals surface area contributed by atoms with Crippen molar-refractivity contribution in [3.8, 4) is 0 Å². The molecule has 1 saturated heterocycles. The number of carboxylic acids is 1. The molecule has 1 amide bonds. The summed E-state index contributed by atoms with van der Waals surface area (Å²) in [6.45, 7) is 2.43. The lowest BCUT2D eigenvalue weighted by molar-refractivity contribution is -0.348. The SMILES string of the molecule is CCCC1(C(=O)N2CCC(c3ccc(C(F)(C(F)(F)F)C(F)(F)F)cc3)(S(=O)(=O)c3ccc(F)c(C)c3)C2)CCC(C(=O)O)CC1. The number of benzene rings is 2. The van der Waals surface area contributed by atoms with Gasteiger partial charge >= 0.3 is 24.0 Å². The number of carboxylic acid groups (broad SMARTS) is 1. The molecule has 0 radical (unpaired) electrons. The van der Waals surface area contributed by atoms with Crippen molar-refractivity contribution in [3.63, 3.8) is 0 Å². The second-order valence-corrected chi connectivity index (χ2v) is 14.5. The van der Waals surface area contributed by atoms with Gasteiger partial charge in [-0.2, -0.15) is 26.3 Å². The van der Waals surface area contributed by atoms with Crippen molar-refractivity contribution in [1.29, 1.82) is 0 Å². The Balaban J connectivity index is 1.82. The molecule has 46 heavy (non-hydrogen) atoms. The van der Waals surface area contributed by atoms with Crippen molar-refractivity contribution in [3.05, 3.63) is 65.0 Å². The zero-order chi connectivity index (χ0) is 34.5. The maximum Gasteiger partial charge on any atom is 0.435 e. The lowest BCUT2D eigenvalue weighted by Gasteiger charge is -2.41. The summed E-state index contributed by atoms with van der Waals surface area (Å²) in [4.78, 5) is 26.5. The fraction of sp³-hybridized carbons (Fsp3) is 0.548. The highest BCUT2D eigenvalue weighted by Crippen LogP contribution is 2.54. The predicted octanol–water partition coefficient (Wildman–Crippen LogP) is 7.39. The van der Waals surface area contributed by atoms with Gasteiger partial charge in [0.25, 0.3) is 0 Å². The minimum Gasteiger partial charge on any atom is -0.481 e. The van der Waals surface area contributed by atoms with Crippen LogP contribution in [0, 0.1) is 24.1 Å². The molecule has 2 fully saturated rings. The van der Waals surface area contributed by atoms with Gasteiger partial charge in [0.05, 0.1) is 10.8 Å². The number of hydrogen-bond donors (Lipinski definition) is 1. The Morgan fingerprint density at radius 2 is 1.50 bits per heavy atom. The first-order valence-electron chi connectivity index (χ1n) is 14.6. The van der Waals surface area contributed by atoms with Crippen LogP contribution in [0.3, 0.4) is 0 Å². The lowest BCUT2D eigenvalue weighted by atomic mass is 9.67. The molecule has 1 aliphatic heterocycles. The maximum absolute atomic E-state index is 14.8. The number of carbonyl (C=O) groups excluding carboxylic acids is 1. The molecule has 2 aliphatic rings. The monoisotopic (exact) mass is 683 g/mol. The Kier molecular flexibility index (Phi) is 9.36. The normalized spacial score (nSPS) is 24.7. The van der Waals surface area contributed by atoms with E-state index in [0.717, 1.165) is 18.2 Å². The number of halogens is 8. The van der Waals surface area contributed by atoms with Crippen molar-refractivity contribution in [2.24, 2.45) is 11.3 Å². The number of carbonyl (C=O) groups is 2. The number of aryl methyl sites for hydroxylation is 1. The van der Waals surface area contributed by atoms with Crippen LogP contribution in [-0.2, 0) is 29.8 Å². The number of likely N-dealkylation sites (tertiary alicyclic amines) is 1. The third kappa shape index (κ3) is 5.76. The summed E-state index contributed by atoms with van der Waals surface area (Å²) < 4.78 is 136. The van der Waals surface area contributed by atoms with Gasteiger partial charge in [0.2, 0.25) is 5.91 Å². The summed E-state index contributed by atoms with van der Waals surface area (Å²) in [7, 11) is -4.62. The number of rotatable bonds is 8. The zero-order valence-electron chi connectivity index (χ0n) is 24.9. The summed E-state index contributed by atoms with van der Waals surface area (Å²) in [5.74, 6) is -2.79. The molecule has 1 unspecified atom stereocenters. The minimum absolute atomic E-state index is 0.0489. The number of sulfone groups is 1. The van der Waals surface area contributed by atoms with Gasteiger partial charge in [-0.25, -0.2) is 17.2 Å². The Hall–Kier alpha value is -3.23. The van der Waals surface area contributed by atoms with E-state index in [9.17, 15) is 58.2 Å². The van der Waals surface area contributed by atoms with Crippen molar-refractivity contribution >= 4 is 21.7 Å². The highest BCUT2D eigenvalue weighted by molar-refractivity contribution is 7.92. The van der Waals surface area contributed by atoms with Crippen LogP contribution in [0.2, 0.25) is 0 Å². The summed E-state index contributed by atoms with van der Waals surface area (Å²) in [6, 6.07) is 4.75. The second kappa shape index (κ2) is 12.1. The van der Waals surface area contributed by atoms with Crippen molar-refractivity contribution in [1.82, 2.24) is 4.90 Å². The van der Waals surface area contributed by atoms with Crippen LogP contribution >= 0.6 is 0 Å². The third-order valence-corrected chi connectivity index (χ3v) is 12.0. The largest absolute Gasteiger partial charge is 0.481 e. The van der Waals surface area contributed by atoms with Crippen molar-refractivity contribution < 1.29 is 58.2 Å². The Labute approximate surface area is 260 Å². The minimum atomic E-state index is -6.38. The van der Waals surface area contributed by atoms with E-state index in [1.165, 1.54) is 11.8 Å². The number of hydrogen-bond acceptors (Lipinski definition) is 4. The number of amides is 1. The van der Waals surface area contributed by atoms with E-state index in [0.29, 0.717) is 25.0 Å². The van der Waals surface area contributed by atoms with Gasteiger partial charge in [-0.3, -0.25) is 9.59 Å². The van der Waals surface area contributed by atoms with Gasteiger partial charge in [-0.1, -0.05) is 37.6 Å². The number of aliphatic carboxylic acids is 1. The predicted molar refractivity (Wildman–Crippen MR) is 149 cm³/mol. The molecule has 6 nitrogen and oxygen atoms in total. The van der Waals surface area contributed by atoms with Crippen molar-refractivity contribution in [2.45, 2.75) is 86.5 Å². The van der Waals surface area contributed by atoms with Crippen LogP contribution in [0.4, 0.5) is 35.1 Å². The average Bonchev–Trinajstić information content (AvgIpc) is 3.44. The molecule has 1 saturated carbocycles. The summed E-state index contributed by atoms with van der Waals surface area (Å²) in [5.41, 5.74) is -8.86. The van der Waals surface area contributed by atoms with Gasteiger partial charge in [-0.15, -0.1) is 0 Å². The summed E-state index contributed by atoms with van der Waals surface area (Å²) in [6.07, 6.45) is -11.3. The Morgan fingerprint density at radius 3 is 1.98 bits per heavy atom. The molecule has 4 rings (SSSR count). The average molecular weight is 684 g/mol. The molecule has 1 aliphatic carbocycles. The highest BCUT2D eigenvalue weighted by atomic mass is 32.2. The molecule has 0 aromatic heterocycles. The molecule has 1 atom stereocenters. The summed E-state index contributed by atoms with van der Waals surface area (Å²) >= 11 is 0. The fourth-order valence-corrected chi connectivity index (χ4v) is 9.03. The maximum atomic E-state index is 14.8. The molecule has 254 valence electrons. The Bertz CT molecular complexity index is 1570. The quantitative estimate of drug-likeness (QED) is 0.232. The molecule has 2 aromatic carbocycles. The Morgan fingerprint density at radius 1 is 0.935 bits per heavy atom. The smallest absolute Gasteiger partial charge is 0.435 e. The van der Waals surface area contributed by atoms with E-state index < -0.39 is 73.7 Å². The highest BCUT2D eigenvalue weighted by Gasteiger charge is 2.73. The molecule has 1 N–H and O–H groups in total. The zero-order valence-corrected chi connectivity index (χ0v) is 25.8. The van der Waals surface area contributed by atoms with Gasteiger partial charge in [0.15, 0.2) is 9.84 Å². The van der Waals surface area contributed by atoms with E-state index in [4.69, 9.17) is 0 Å². The van der Waals surface area contributed by atoms with Gasteiger partial charge in [0.1, 0.15) is 10.6 Å². The lowest BCUT2D eigenvalue weighted by Crippen LogP contribution is -2.50. The van der Waals surface area contributed by atoms with E-state index in [1.807, 2.05) is 6.92 Å². The van der Waals surface area contributed by atoms with E-state index >= 15 is 0 Å². The first-order chi connectivity index (χ1) is 21.2. The number of nitrogens with zero attached hydrogens (tertiary/aromatic N) is 1. The summed E-state index contributed by atoms with van der Waals surface area (Å²) in [5, 5.41) is 9.44. The second-order valence-electron chi connectivity index (χ2n) is 12.3. The molecule has 0 bridgehead atoms. The van der Waals surface area contributed by atoms with Crippen LogP contribution in [0.15, 0.2) is 47.4 Å². The van der Waals surface area contributed by atoms with Crippen LogP contribution in [0.25, 0.3) is 0 Å². The first kappa shape index (κ1) is 35.6. The topological polar surface area (TPSA) is 91.8 Å². The van der Waals surface area contributed by atoms with Crippen LogP contribution < -0.4 is 0 Å². The van der Waals surface area contributed by atoms with E-state index in [2.05, 4.69) is 0 Å². The van der Waals surface area contributed by atoms with Gasteiger partial charge in [0, 0.05) is 24.1 Å². The molecule has 15 heteroatoms. The van der Waals surface area contributed by atoms with Crippen molar-refractivity contribution in [2.75, 3.05) is 13.1 Å². The molecular weight excluding hydrogens is 650 g/mol. The molecule has 0 spiro atoms. The number of alkyl halides is 7. The van der Waals surface area contributed by atoms with Gasteiger partial charge in [-0.05, 0) is 74.8 Å². The first-order valence-corrected chi connectivity index (χ1v) is 16.1. The molecule has 2 aromatic rings. The van der Waals surface area contributed by atoms with Gasteiger partial charge < -0.3 is 10.0 Å².